The quantitative estimate of drug-likeness (QED) is 0.600. The average Bonchev–Trinajstić information content (AvgIpc) is 2.73. The van der Waals surface area contributed by atoms with Crippen molar-refractivity contribution in [3.8, 4) is 11.8 Å². The number of benzene rings is 1. The SMILES string of the molecule is CC#C[C@@H]1CN(S(=O)(=O)c2ccc(N)nc2)CCN1c1ccc(S(=O)(=O)NC(C)C)cc1. The van der Waals surface area contributed by atoms with Crippen LogP contribution in [-0.2, 0) is 20.0 Å². The second-order valence-corrected chi connectivity index (χ2v) is 11.3. The number of nitrogen functional groups attached to an aromatic ring is 1. The molecule has 0 amide bonds. The van der Waals surface area contributed by atoms with E-state index in [1.54, 1.807) is 45.0 Å². The van der Waals surface area contributed by atoms with E-state index in [-0.39, 0.29) is 40.8 Å². The zero-order valence-corrected chi connectivity index (χ0v) is 19.8. The zero-order chi connectivity index (χ0) is 23.5. The van der Waals surface area contributed by atoms with Gasteiger partial charge in [0.1, 0.15) is 16.8 Å². The van der Waals surface area contributed by atoms with Gasteiger partial charge in [0.05, 0.1) is 4.90 Å². The molecule has 1 fully saturated rings. The minimum absolute atomic E-state index is 0.0792. The number of hydrogen-bond donors (Lipinski definition) is 2. The van der Waals surface area contributed by atoms with E-state index in [2.05, 4.69) is 21.5 Å². The number of hydrogen-bond acceptors (Lipinski definition) is 7. The Balaban J connectivity index is 1.83. The maximum atomic E-state index is 13.0. The summed E-state index contributed by atoms with van der Waals surface area (Å²) in [5.74, 6) is 6.18. The minimum atomic E-state index is -3.74. The number of anilines is 2. The van der Waals surface area contributed by atoms with Crippen LogP contribution in [0.1, 0.15) is 20.8 Å². The standard InChI is InChI=1S/C21H27N5O4S2/c1-4-5-18-15-25(32(29,30)20-10-11-21(22)23-14-20)12-13-26(18)17-6-8-19(9-7-17)31(27,28)24-16(2)3/h6-11,14,16,18,24H,12-13,15H2,1-3H3,(H2,22,23)/t18-/m1/s1. The summed E-state index contributed by atoms with van der Waals surface area (Å²) < 4.78 is 54.8. The minimum Gasteiger partial charge on any atom is -0.384 e. The molecule has 0 radical (unpaired) electrons. The number of nitrogens with zero attached hydrogens (tertiary/aromatic N) is 3. The zero-order valence-electron chi connectivity index (χ0n) is 18.2. The number of rotatable bonds is 6. The Bertz CT molecular complexity index is 1220. The summed E-state index contributed by atoms with van der Waals surface area (Å²) in [6.07, 6.45) is 1.25. The summed E-state index contributed by atoms with van der Waals surface area (Å²) in [6, 6.07) is 8.81. The van der Waals surface area contributed by atoms with Gasteiger partial charge in [0, 0.05) is 37.6 Å². The molecule has 0 bridgehead atoms. The van der Waals surface area contributed by atoms with Crippen LogP contribution in [-0.4, -0.2) is 57.8 Å². The van der Waals surface area contributed by atoms with Gasteiger partial charge in [-0.25, -0.2) is 26.5 Å². The van der Waals surface area contributed by atoms with Crippen molar-refractivity contribution in [2.24, 2.45) is 0 Å². The molecule has 172 valence electrons. The molecule has 9 nitrogen and oxygen atoms in total. The molecule has 3 N–H and O–H groups in total. The smallest absolute Gasteiger partial charge is 0.244 e. The van der Waals surface area contributed by atoms with Crippen LogP contribution < -0.4 is 15.4 Å². The second-order valence-electron chi connectivity index (χ2n) is 7.66. The van der Waals surface area contributed by atoms with Crippen LogP contribution in [0.15, 0.2) is 52.4 Å². The molecule has 1 aliphatic rings. The van der Waals surface area contributed by atoms with Crippen molar-refractivity contribution in [1.82, 2.24) is 14.0 Å². The van der Waals surface area contributed by atoms with E-state index in [9.17, 15) is 16.8 Å². The van der Waals surface area contributed by atoms with Gasteiger partial charge in [-0.3, -0.25) is 0 Å². The number of nitrogens with one attached hydrogen (secondary N) is 1. The van der Waals surface area contributed by atoms with Gasteiger partial charge in [-0.1, -0.05) is 5.92 Å². The maximum absolute atomic E-state index is 13.0. The Morgan fingerprint density at radius 1 is 1.06 bits per heavy atom. The lowest BCUT2D eigenvalue weighted by molar-refractivity contribution is 0.360. The van der Waals surface area contributed by atoms with Gasteiger partial charge in [-0.15, -0.1) is 5.92 Å². The molecular weight excluding hydrogens is 450 g/mol. The first-order valence-electron chi connectivity index (χ1n) is 10.1. The lowest BCUT2D eigenvalue weighted by Crippen LogP contribution is -2.54. The predicted octanol–water partition coefficient (Wildman–Crippen LogP) is 1.25. The average molecular weight is 478 g/mol. The molecule has 1 aliphatic heterocycles. The van der Waals surface area contributed by atoms with E-state index in [0.29, 0.717) is 6.54 Å². The van der Waals surface area contributed by atoms with Crippen molar-refractivity contribution in [2.75, 3.05) is 30.3 Å². The van der Waals surface area contributed by atoms with Gasteiger partial charge in [0.2, 0.25) is 20.0 Å². The van der Waals surface area contributed by atoms with Crippen LogP contribution >= 0.6 is 0 Å². The van der Waals surface area contributed by atoms with E-state index in [1.165, 1.54) is 22.6 Å². The van der Waals surface area contributed by atoms with Gasteiger partial charge in [0.15, 0.2) is 0 Å². The van der Waals surface area contributed by atoms with Gasteiger partial charge in [-0.05, 0) is 57.2 Å². The van der Waals surface area contributed by atoms with Gasteiger partial charge < -0.3 is 10.6 Å². The predicted molar refractivity (Wildman–Crippen MR) is 124 cm³/mol. The molecular formula is C21H27N5O4S2. The number of pyridine rings is 1. The largest absolute Gasteiger partial charge is 0.384 e. The summed E-state index contributed by atoms with van der Waals surface area (Å²) in [7, 11) is -7.33. The molecule has 0 aliphatic carbocycles. The third kappa shape index (κ3) is 5.21. The topological polar surface area (TPSA) is 126 Å². The summed E-state index contributed by atoms with van der Waals surface area (Å²) in [6.45, 7) is 6.04. The van der Waals surface area contributed by atoms with Crippen LogP contribution in [0.4, 0.5) is 11.5 Å². The van der Waals surface area contributed by atoms with Gasteiger partial charge in [-0.2, -0.15) is 4.31 Å². The molecule has 1 aromatic carbocycles. The molecule has 2 heterocycles. The molecule has 32 heavy (non-hydrogen) atoms. The summed E-state index contributed by atoms with van der Waals surface area (Å²) in [5, 5.41) is 0. The monoisotopic (exact) mass is 477 g/mol. The van der Waals surface area contributed by atoms with Crippen LogP contribution in [0.5, 0.6) is 0 Å². The van der Waals surface area contributed by atoms with E-state index in [0.717, 1.165) is 5.69 Å². The molecule has 1 aromatic heterocycles. The molecule has 2 aromatic rings. The number of aromatic nitrogens is 1. The first-order chi connectivity index (χ1) is 15.0. The third-order valence-electron chi connectivity index (χ3n) is 4.92. The lowest BCUT2D eigenvalue weighted by atomic mass is 10.1. The van der Waals surface area contributed by atoms with E-state index >= 15 is 0 Å². The molecule has 11 heteroatoms. The van der Waals surface area contributed by atoms with Gasteiger partial charge >= 0.3 is 0 Å². The maximum Gasteiger partial charge on any atom is 0.244 e. The Labute approximate surface area is 189 Å². The number of sulfonamides is 2. The summed E-state index contributed by atoms with van der Waals surface area (Å²) in [4.78, 5) is 6.12. The van der Waals surface area contributed by atoms with Crippen molar-refractivity contribution in [3.63, 3.8) is 0 Å². The van der Waals surface area contributed by atoms with E-state index in [1.807, 2.05) is 4.90 Å². The highest BCUT2D eigenvalue weighted by molar-refractivity contribution is 7.89. The molecule has 1 atom stereocenters. The number of piperazine rings is 1. The number of nitrogens with two attached hydrogens (primary N) is 1. The molecule has 0 unspecified atom stereocenters. The van der Waals surface area contributed by atoms with Gasteiger partial charge in [0.25, 0.3) is 0 Å². The Morgan fingerprint density at radius 2 is 1.72 bits per heavy atom. The molecule has 0 saturated carbocycles. The Kier molecular flexibility index (Phi) is 7.09. The first-order valence-corrected chi connectivity index (χ1v) is 13.0. The molecule has 3 rings (SSSR count). The van der Waals surface area contributed by atoms with Crippen molar-refractivity contribution < 1.29 is 16.8 Å². The highest BCUT2D eigenvalue weighted by Crippen LogP contribution is 2.26. The molecule has 1 saturated heterocycles. The fourth-order valence-corrected chi connectivity index (χ4v) is 6.10. The van der Waals surface area contributed by atoms with Crippen molar-refractivity contribution in [2.45, 2.75) is 42.6 Å². The highest BCUT2D eigenvalue weighted by Gasteiger charge is 2.34. The Morgan fingerprint density at radius 3 is 2.28 bits per heavy atom. The van der Waals surface area contributed by atoms with E-state index in [4.69, 9.17) is 5.73 Å². The van der Waals surface area contributed by atoms with Crippen LogP contribution in [0, 0.1) is 11.8 Å². The second kappa shape index (κ2) is 9.46. The lowest BCUT2D eigenvalue weighted by Gasteiger charge is -2.39. The fourth-order valence-electron chi connectivity index (χ4n) is 3.46. The highest BCUT2D eigenvalue weighted by atomic mass is 32.2. The van der Waals surface area contributed by atoms with Crippen LogP contribution in [0.2, 0.25) is 0 Å². The fraction of sp³-hybridized carbons (Fsp3) is 0.381. The van der Waals surface area contributed by atoms with Crippen molar-refractivity contribution in [1.29, 1.82) is 0 Å². The third-order valence-corrected chi connectivity index (χ3v) is 8.44. The molecule has 0 spiro atoms. The summed E-state index contributed by atoms with van der Waals surface area (Å²) in [5.41, 5.74) is 6.34. The van der Waals surface area contributed by atoms with E-state index < -0.39 is 20.0 Å². The van der Waals surface area contributed by atoms with Crippen LogP contribution in [0.3, 0.4) is 0 Å². The first kappa shape index (κ1) is 24.0. The summed E-state index contributed by atoms with van der Waals surface area (Å²) >= 11 is 0. The van der Waals surface area contributed by atoms with Crippen molar-refractivity contribution >= 4 is 31.6 Å². The normalized spacial score (nSPS) is 17.8. The van der Waals surface area contributed by atoms with Crippen LogP contribution in [0.25, 0.3) is 0 Å². The Hall–Kier alpha value is -2.65. The van der Waals surface area contributed by atoms with Crippen molar-refractivity contribution in [3.05, 3.63) is 42.6 Å².